The quantitative estimate of drug-likeness (QED) is 0.590. The summed E-state index contributed by atoms with van der Waals surface area (Å²) in [5.74, 6) is 0.371. The van der Waals surface area contributed by atoms with Crippen LogP contribution in [0.5, 0.6) is 0 Å². The van der Waals surface area contributed by atoms with Gasteiger partial charge in [0.15, 0.2) is 5.96 Å². The zero-order valence-corrected chi connectivity index (χ0v) is 12.5. The van der Waals surface area contributed by atoms with E-state index in [2.05, 4.69) is 10.3 Å². The van der Waals surface area contributed by atoms with Gasteiger partial charge in [0.25, 0.3) is 0 Å². The molecule has 0 aliphatic heterocycles. The number of benzene rings is 1. The van der Waals surface area contributed by atoms with Gasteiger partial charge < -0.3 is 16.8 Å². The maximum absolute atomic E-state index is 6.10. The van der Waals surface area contributed by atoms with Crippen molar-refractivity contribution in [3.8, 4) is 0 Å². The van der Waals surface area contributed by atoms with Crippen LogP contribution in [0.25, 0.3) is 0 Å². The summed E-state index contributed by atoms with van der Waals surface area (Å²) in [6, 6.07) is 5.74. The maximum atomic E-state index is 6.10. The molecule has 0 aromatic heterocycles. The fourth-order valence-electron chi connectivity index (χ4n) is 1.33. The molecule has 104 valence electrons. The van der Waals surface area contributed by atoms with E-state index in [1.54, 1.807) is 0 Å². The van der Waals surface area contributed by atoms with Gasteiger partial charge in [-0.15, -0.1) is 24.8 Å². The highest BCUT2D eigenvalue weighted by Gasteiger charge is 2.02. The number of anilines is 1. The molecule has 0 fully saturated rings. The monoisotopic (exact) mass is 312 g/mol. The SMILES string of the molecule is CCN=C(N)Nc1ccc(CCN)cc1Cl.Cl.Cl. The molecule has 0 heterocycles. The first-order valence-electron chi connectivity index (χ1n) is 5.22. The van der Waals surface area contributed by atoms with E-state index >= 15 is 0 Å². The van der Waals surface area contributed by atoms with Crippen LogP contribution in [-0.2, 0) is 6.42 Å². The molecule has 0 aliphatic carbocycles. The Balaban J connectivity index is 0. The van der Waals surface area contributed by atoms with Crippen molar-refractivity contribution in [1.82, 2.24) is 0 Å². The van der Waals surface area contributed by atoms with Gasteiger partial charge in [0.2, 0.25) is 0 Å². The summed E-state index contributed by atoms with van der Waals surface area (Å²) < 4.78 is 0. The zero-order chi connectivity index (χ0) is 12.0. The summed E-state index contributed by atoms with van der Waals surface area (Å²) in [6.45, 7) is 3.17. The third-order valence-corrected chi connectivity index (χ3v) is 2.37. The summed E-state index contributed by atoms with van der Waals surface area (Å²) in [7, 11) is 0. The van der Waals surface area contributed by atoms with Crippen molar-refractivity contribution in [1.29, 1.82) is 0 Å². The summed E-state index contributed by atoms with van der Waals surface area (Å²) in [4.78, 5) is 4.02. The van der Waals surface area contributed by atoms with Gasteiger partial charge in [-0.1, -0.05) is 17.7 Å². The van der Waals surface area contributed by atoms with E-state index in [0.29, 0.717) is 24.1 Å². The molecule has 1 aromatic rings. The largest absolute Gasteiger partial charge is 0.370 e. The highest BCUT2D eigenvalue weighted by molar-refractivity contribution is 6.33. The summed E-state index contributed by atoms with van der Waals surface area (Å²) in [6.07, 6.45) is 0.818. The van der Waals surface area contributed by atoms with Gasteiger partial charge >= 0.3 is 0 Å². The van der Waals surface area contributed by atoms with E-state index in [1.165, 1.54) is 0 Å². The minimum atomic E-state index is 0. The molecule has 0 radical (unpaired) electrons. The van der Waals surface area contributed by atoms with E-state index in [0.717, 1.165) is 17.7 Å². The molecule has 0 spiro atoms. The van der Waals surface area contributed by atoms with Crippen molar-refractivity contribution < 1.29 is 0 Å². The zero-order valence-electron chi connectivity index (χ0n) is 10.1. The van der Waals surface area contributed by atoms with Crippen molar-refractivity contribution >= 4 is 48.1 Å². The molecule has 1 aromatic carbocycles. The minimum Gasteiger partial charge on any atom is -0.370 e. The molecule has 7 heteroatoms. The van der Waals surface area contributed by atoms with Crippen molar-refractivity contribution in [3.05, 3.63) is 28.8 Å². The lowest BCUT2D eigenvalue weighted by Crippen LogP contribution is -2.22. The average Bonchev–Trinajstić information content (AvgIpc) is 2.23. The number of nitrogens with two attached hydrogens (primary N) is 2. The Morgan fingerprint density at radius 1 is 1.39 bits per heavy atom. The lowest BCUT2D eigenvalue weighted by atomic mass is 10.1. The second kappa shape index (κ2) is 10.3. The molecule has 1 rings (SSSR count). The van der Waals surface area contributed by atoms with E-state index in [-0.39, 0.29) is 24.8 Å². The number of guanidine groups is 1. The van der Waals surface area contributed by atoms with Crippen LogP contribution in [0, 0.1) is 0 Å². The van der Waals surface area contributed by atoms with Gasteiger partial charge in [-0.25, -0.2) is 0 Å². The third-order valence-electron chi connectivity index (χ3n) is 2.06. The van der Waals surface area contributed by atoms with Gasteiger partial charge in [-0.05, 0) is 37.6 Å². The molecule has 0 amide bonds. The molecular formula is C11H19Cl3N4. The Hall–Kier alpha value is -0.680. The third kappa shape index (κ3) is 6.31. The van der Waals surface area contributed by atoms with Crippen molar-refractivity contribution in [2.45, 2.75) is 13.3 Å². The van der Waals surface area contributed by atoms with Crippen LogP contribution in [0.15, 0.2) is 23.2 Å². The van der Waals surface area contributed by atoms with Crippen molar-refractivity contribution in [3.63, 3.8) is 0 Å². The standard InChI is InChI=1S/C11H17ClN4.2ClH/c1-2-15-11(14)16-10-4-3-8(5-6-13)7-9(10)12;;/h3-4,7H,2,5-6,13H2,1H3,(H3,14,15,16);2*1H. The predicted octanol–water partition coefficient (Wildman–Crippen LogP) is 2.43. The Bertz CT molecular complexity index is 383. The van der Waals surface area contributed by atoms with Crippen LogP contribution < -0.4 is 16.8 Å². The number of hydrogen-bond acceptors (Lipinski definition) is 2. The van der Waals surface area contributed by atoms with Gasteiger partial charge in [-0.2, -0.15) is 0 Å². The summed E-state index contributed by atoms with van der Waals surface area (Å²) in [5, 5.41) is 3.57. The Morgan fingerprint density at radius 2 is 2.06 bits per heavy atom. The van der Waals surface area contributed by atoms with Crippen LogP contribution in [-0.4, -0.2) is 19.0 Å². The van der Waals surface area contributed by atoms with Crippen molar-refractivity contribution in [2.24, 2.45) is 16.5 Å². The molecule has 18 heavy (non-hydrogen) atoms. The summed E-state index contributed by atoms with van der Waals surface area (Å²) in [5.41, 5.74) is 13.0. The Kier molecular flexibility index (Phi) is 11.2. The molecule has 0 unspecified atom stereocenters. The van der Waals surface area contributed by atoms with Crippen LogP contribution in [0.3, 0.4) is 0 Å². The smallest absolute Gasteiger partial charge is 0.193 e. The fraction of sp³-hybridized carbons (Fsp3) is 0.364. The normalized spacial score (nSPS) is 10.3. The maximum Gasteiger partial charge on any atom is 0.193 e. The van der Waals surface area contributed by atoms with E-state index in [4.69, 9.17) is 23.1 Å². The second-order valence-electron chi connectivity index (χ2n) is 3.34. The first-order valence-corrected chi connectivity index (χ1v) is 5.60. The van der Waals surface area contributed by atoms with Crippen LogP contribution in [0.4, 0.5) is 5.69 Å². The van der Waals surface area contributed by atoms with Gasteiger partial charge in [0, 0.05) is 6.54 Å². The number of halogens is 3. The molecular weight excluding hydrogens is 295 g/mol. The highest BCUT2D eigenvalue weighted by atomic mass is 35.5. The second-order valence-corrected chi connectivity index (χ2v) is 3.74. The van der Waals surface area contributed by atoms with Crippen LogP contribution >= 0.6 is 36.4 Å². The number of aliphatic imine (C=N–C) groups is 1. The molecule has 4 nitrogen and oxygen atoms in total. The Morgan fingerprint density at radius 3 is 2.56 bits per heavy atom. The molecule has 0 aliphatic rings. The number of nitrogens with zero attached hydrogens (tertiary/aromatic N) is 1. The lowest BCUT2D eigenvalue weighted by Gasteiger charge is -2.08. The molecule has 5 N–H and O–H groups in total. The lowest BCUT2D eigenvalue weighted by molar-refractivity contribution is 0.969. The van der Waals surface area contributed by atoms with Crippen LogP contribution in [0.1, 0.15) is 12.5 Å². The van der Waals surface area contributed by atoms with Gasteiger partial charge in [-0.3, -0.25) is 4.99 Å². The fourth-order valence-corrected chi connectivity index (χ4v) is 1.58. The summed E-state index contributed by atoms with van der Waals surface area (Å²) >= 11 is 6.10. The first-order chi connectivity index (χ1) is 7.67. The molecule has 0 atom stereocenters. The predicted molar refractivity (Wildman–Crippen MR) is 84.5 cm³/mol. The molecule has 0 saturated carbocycles. The minimum absolute atomic E-state index is 0. The highest BCUT2D eigenvalue weighted by Crippen LogP contribution is 2.22. The topological polar surface area (TPSA) is 76.4 Å². The van der Waals surface area contributed by atoms with Crippen molar-refractivity contribution in [2.75, 3.05) is 18.4 Å². The van der Waals surface area contributed by atoms with Gasteiger partial charge in [0.05, 0.1) is 10.7 Å². The average molecular weight is 314 g/mol. The molecule has 0 bridgehead atoms. The van der Waals surface area contributed by atoms with Gasteiger partial charge in [0.1, 0.15) is 0 Å². The number of rotatable bonds is 4. The number of hydrogen-bond donors (Lipinski definition) is 3. The van der Waals surface area contributed by atoms with E-state index in [1.807, 2.05) is 25.1 Å². The van der Waals surface area contributed by atoms with Crippen LogP contribution in [0.2, 0.25) is 5.02 Å². The van der Waals surface area contributed by atoms with E-state index in [9.17, 15) is 0 Å². The Labute approximate surface area is 125 Å². The van der Waals surface area contributed by atoms with E-state index < -0.39 is 0 Å². The first kappa shape index (κ1) is 19.7. The molecule has 0 saturated heterocycles. The number of nitrogens with one attached hydrogen (secondary N) is 1.